The van der Waals surface area contributed by atoms with Crippen LogP contribution in [0.2, 0.25) is 0 Å². The van der Waals surface area contributed by atoms with Crippen LogP contribution in [0.5, 0.6) is 0 Å². The maximum absolute atomic E-state index is 12.8. The van der Waals surface area contributed by atoms with E-state index in [0.29, 0.717) is 44.1 Å². The number of carbonyl (C=O) groups is 2. The van der Waals surface area contributed by atoms with Crippen molar-refractivity contribution in [3.8, 4) is 0 Å². The molecule has 2 saturated heterocycles. The van der Waals surface area contributed by atoms with Crippen LogP contribution >= 0.6 is 0 Å². The Morgan fingerprint density at radius 2 is 2.16 bits per heavy atom. The minimum absolute atomic E-state index is 0.0244. The normalized spacial score (nSPS) is 23.8. The van der Waals surface area contributed by atoms with Crippen LogP contribution in [0, 0.1) is 5.41 Å². The summed E-state index contributed by atoms with van der Waals surface area (Å²) in [4.78, 5) is 37.7. The zero-order valence-electron chi connectivity index (χ0n) is 14.9. The fraction of sp³-hybridized carbons (Fsp3) is 0.667. The molecular weight excluding hydrogens is 320 g/mol. The van der Waals surface area contributed by atoms with Gasteiger partial charge in [0.05, 0.1) is 12.0 Å². The number of piperidine rings is 1. The highest BCUT2D eigenvalue weighted by molar-refractivity contribution is 5.94. The summed E-state index contributed by atoms with van der Waals surface area (Å²) in [5, 5.41) is 9.15. The van der Waals surface area contributed by atoms with E-state index in [4.69, 9.17) is 5.11 Å². The second-order valence-electron chi connectivity index (χ2n) is 7.33. The summed E-state index contributed by atoms with van der Waals surface area (Å²) >= 11 is 0. The Bertz CT molecular complexity index is 661. The average molecular weight is 346 g/mol. The SMILES string of the molecule is CC(C)c1nccc(C(=O)N2CCC3(CCCN(CCO)C3=O)C2)n1. The molecule has 1 aromatic rings. The van der Waals surface area contributed by atoms with E-state index in [9.17, 15) is 9.59 Å². The lowest BCUT2D eigenvalue weighted by atomic mass is 9.78. The molecule has 2 fully saturated rings. The molecule has 1 spiro atoms. The van der Waals surface area contributed by atoms with E-state index in [1.807, 2.05) is 13.8 Å². The van der Waals surface area contributed by atoms with Crippen molar-refractivity contribution in [2.24, 2.45) is 5.41 Å². The number of aliphatic hydroxyl groups excluding tert-OH is 1. The summed E-state index contributed by atoms with van der Waals surface area (Å²) in [5.74, 6) is 0.758. The topological polar surface area (TPSA) is 86.6 Å². The van der Waals surface area contributed by atoms with Gasteiger partial charge >= 0.3 is 0 Å². The lowest BCUT2D eigenvalue weighted by molar-refractivity contribution is -0.146. The first-order valence-corrected chi connectivity index (χ1v) is 8.99. The fourth-order valence-corrected chi connectivity index (χ4v) is 3.84. The van der Waals surface area contributed by atoms with Crippen molar-refractivity contribution in [1.29, 1.82) is 0 Å². The fourth-order valence-electron chi connectivity index (χ4n) is 3.84. The van der Waals surface area contributed by atoms with Crippen molar-refractivity contribution in [1.82, 2.24) is 19.8 Å². The number of hydrogen-bond acceptors (Lipinski definition) is 5. The Morgan fingerprint density at radius 1 is 1.36 bits per heavy atom. The van der Waals surface area contributed by atoms with E-state index < -0.39 is 5.41 Å². The Labute approximate surface area is 148 Å². The van der Waals surface area contributed by atoms with Crippen LogP contribution in [0.3, 0.4) is 0 Å². The van der Waals surface area contributed by atoms with E-state index >= 15 is 0 Å². The van der Waals surface area contributed by atoms with Gasteiger partial charge < -0.3 is 14.9 Å². The number of carbonyl (C=O) groups excluding carboxylic acids is 2. The van der Waals surface area contributed by atoms with Gasteiger partial charge in [0.15, 0.2) is 0 Å². The molecule has 3 rings (SSSR count). The van der Waals surface area contributed by atoms with Crippen LogP contribution in [-0.4, -0.2) is 69.5 Å². The molecule has 7 nitrogen and oxygen atoms in total. The number of likely N-dealkylation sites (tertiary alicyclic amines) is 2. The number of aliphatic hydroxyl groups is 1. The minimum Gasteiger partial charge on any atom is -0.395 e. The molecule has 1 unspecified atom stereocenters. The Balaban J connectivity index is 1.75. The second kappa shape index (κ2) is 7.07. The van der Waals surface area contributed by atoms with Gasteiger partial charge in [0.1, 0.15) is 11.5 Å². The Morgan fingerprint density at radius 3 is 2.88 bits per heavy atom. The summed E-state index contributed by atoms with van der Waals surface area (Å²) in [5.41, 5.74) is -0.0944. The van der Waals surface area contributed by atoms with Gasteiger partial charge in [0.2, 0.25) is 5.91 Å². The largest absolute Gasteiger partial charge is 0.395 e. The molecule has 0 bridgehead atoms. The maximum atomic E-state index is 12.8. The van der Waals surface area contributed by atoms with Crippen LogP contribution < -0.4 is 0 Å². The van der Waals surface area contributed by atoms with Gasteiger partial charge in [-0.25, -0.2) is 9.97 Å². The second-order valence-corrected chi connectivity index (χ2v) is 7.33. The molecule has 0 aromatic carbocycles. The summed E-state index contributed by atoms with van der Waals surface area (Å²) in [7, 11) is 0. The molecular formula is C18H26N4O3. The van der Waals surface area contributed by atoms with Crippen LogP contribution in [0.15, 0.2) is 12.3 Å². The summed E-state index contributed by atoms with van der Waals surface area (Å²) in [6.45, 7) is 6.03. The van der Waals surface area contributed by atoms with E-state index in [-0.39, 0.29) is 24.3 Å². The van der Waals surface area contributed by atoms with Crippen molar-refractivity contribution in [3.63, 3.8) is 0 Å². The van der Waals surface area contributed by atoms with E-state index in [2.05, 4.69) is 9.97 Å². The standard InChI is InChI=1S/C18H26N4O3/c1-13(2)15-19-7-4-14(20-15)16(24)22-9-6-18(12-22)5-3-8-21(10-11-23)17(18)25/h4,7,13,23H,3,5-6,8-12H2,1-2H3. The van der Waals surface area contributed by atoms with Crippen LogP contribution in [0.4, 0.5) is 0 Å². The smallest absolute Gasteiger partial charge is 0.272 e. The number of nitrogens with zero attached hydrogens (tertiary/aromatic N) is 4. The average Bonchev–Trinajstić information content (AvgIpc) is 3.04. The molecule has 1 N–H and O–H groups in total. The third kappa shape index (κ3) is 3.38. The molecule has 136 valence electrons. The number of aromatic nitrogens is 2. The Hall–Kier alpha value is -2.02. The van der Waals surface area contributed by atoms with Gasteiger partial charge in [0, 0.05) is 38.3 Å². The van der Waals surface area contributed by atoms with Crippen molar-refractivity contribution < 1.29 is 14.7 Å². The predicted octanol–water partition coefficient (Wildman–Crippen LogP) is 1.05. The van der Waals surface area contributed by atoms with Gasteiger partial charge in [-0.1, -0.05) is 13.8 Å². The molecule has 1 atom stereocenters. The molecule has 2 aliphatic rings. The van der Waals surface area contributed by atoms with Gasteiger partial charge in [-0.05, 0) is 25.3 Å². The van der Waals surface area contributed by atoms with Gasteiger partial charge in [-0.3, -0.25) is 9.59 Å². The van der Waals surface area contributed by atoms with Gasteiger partial charge in [-0.2, -0.15) is 0 Å². The lowest BCUT2D eigenvalue weighted by Crippen LogP contribution is -2.51. The third-order valence-electron chi connectivity index (χ3n) is 5.24. The van der Waals surface area contributed by atoms with Crippen LogP contribution in [-0.2, 0) is 4.79 Å². The summed E-state index contributed by atoms with van der Waals surface area (Å²) in [6.07, 6.45) is 4.02. The molecule has 2 aliphatic heterocycles. The highest BCUT2D eigenvalue weighted by Crippen LogP contribution is 2.40. The quantitative estimate of drug-likeness (QED) is 0.880. The summed E-state index contributed by atoms with van der Waals surface area (Å²) in [6, 6.07) is 1.64. The number of rotatable bonds is 4. The molecule has 0 aliphatic carbocycles. The number of amides is 2. The molecule has 3 heterocycles. The van der Waals surface area contributed by atoms with Crippen molar-refractivity contribution in [2.45, 2.75) is 39.0 Å². The molecule has 1 aromatic heterocycles. The monoisotopic (exact) mass is 346 g/mol. The lowest BCUT2D eigenvalue weighted by Gasteiger charge is -2.39. The van der Waals surface area contributed by atoms with E-state index in [1.54, 1.807) is 22.1 Å². The van der Waals surface area contributed by atoms with Gasteiger partial charge in [0.25, 0.3) is 5.91 Å². The molecule has 0 saturated carbocycles. The number of β-amino-alcohol motifs (C(OH)–C–C–N with tert-alkyl or cyclic N) is 1. The first kappa shape index (κ1) is 17.8. The molecule has 25 heavy (non-hydrogen) atoms. The van der Waals surface area contributed by atoms with Crippen molar-refractivity contribution >= 4 is 11.8 Å². The molecule has 0 radical (unpaired) electrons. The first-order chi connectivity index (χ1) is 12.0. The van der Waals surface area contributed by atoms with E-state index in [1.165, 1.54) is 0 Å². The molecule has 2 amide bonds. The van der Waals surface area contributed by atoms with E-state index in [0.717, 1.165) is 12.8 Å². The van der Waals surface area contributed by atoms with Gasteiger partial charge in [-0.15, -0.1) is 0 Å². The maximum Gasteiger partial charge on any atom is 0.272 e. The van der Waals surface area contributed by atoms with Crippen molar-refractivity contribution in [2.75, 3.05) is 32.8 Å². The van der Waals surface area contributed by atoms with Crippen LogP contribution in [0.25, 0.3) is 0 Å². The zero-order chi connectivity index (χ0) is 18.0. The predicted molar refractivity (Wildman–Crippen MR) is 92.0 cm³/mol. The molecule has 7 heteroatoms. The minimum atomic E-state index is -0.489. The number of hydrogen-bond donors (Lipinski definition) is 1. The third-order valence-corrected chi connectivity index (χ3v) is 5.24. The van der Waals surface area contributed by atoms with Crippen molar-refractivity contribution in [3.05, 3.63) is 23.8 Å². The first-order valence-electron chi connectivity index (χ1n) is 8.99. The van der Waals surface area contributed by atoms with Crippen LogP contribution in [0.1, 0.15) is 55.3 Å². The highest BCUT2D eigenvalue weighted by Gasteiger charge is 2.49. The Kier molecular flexibility index (Phi) is 5.03. The highest BCUT2D eigenvalue weighted by atomic mass is 16.3. The zero-order valence-corrected chi connectivity index (χ0v) is 14.9. The summed E-state index contributed by atoms with van der Waals surface area (Å²) < 4.78 is 0.